The predicted molar refractivity (Wildman–Crippen MR) is 81.3 cm³/mol. The quantitative estimate of drug-likeness (QED) is 0.712. The molecule has 0 aliphatic rings. The Morgan fingerprint density at radius 2 is 2.00 bits per heavy atom. The van der Waals surface area contributed by atoms with Crippen molar-refractivity contribution < 1.29 is 9.90 Å². The molecule has 0 atom stereocenters. The number of thioether (sulfide) groups is 1. The zero-order chi connectivity index (χ0) is 15.1. The molecule has 1 aromatic carbocycles. The fraction of sp³-hybridized carbons (Fsp3) is 0.357. The van der Waals surface area contributed by atoms with Gasteiger partial charge in [0.15, 0.2) is 5.16 Å². The SMILES string of the molecule is NCCc1nnc(SCC(=O)O)n1CCc1ccccc1. The molecule has 0 unspecified atom stereocenters. The number of benzene rings is 1. The van der Waals surface area contributed by atoms with Gasteiger partial charge in [0.05, 0.1) is 5.75 Å². The van der Waals surface area contributed by atoms with Gasteiger partial charge in [0.25, 0.3) is 0 Å². The molecule has 0 saturated carbocycles. The highest BCUT2D eigenvalue weighted by atomic mass is 32.2. The molecule has 0 fully saturated rings. The third-order valence-corrected chi connectivity index (χ3v) is 3.90. The van der Waals surface area contributed by atoms with Crippen molar-refractivity contribution in [3.05, 3.63) is 41.7 Å². The maximum absolute atomic E-state index is 10.7. The van der Waals surface area contributed by atoms with E-state index in [-0.39, 0.29) is 5.75 Å². The Morgan fingerprint density at radius 3 is 2.67 bits per heavy atom. The molecule has 1 aromatic heterocycles. The molecule has 0 saturated heterocycles. The first-order chi connectivity index (χ1) is 10.2. The molecule has 0 aliphatic carbocycles. The second-order valence-corrected chi connectivity index (χ2v) is 5.45. The third-order valence-electron chi connectivity index (χ3n) is 2.95. The summed E-state index contributed by atoms with van der Waals surface area (Å²) in [5, 5.41) is 17.6. The molecule has 6 nitrogen and oxygen atoms in total. The number of nitrogens with zero attached hydrogens (tertiary/aromatic N) is 3. The number of carbonyl (C=O) groups is 1. The van der Waals surface area contributed by atoms with Crippen LogP contribution in [0.3, 0.4) is 0 Å². The van der Waals surface area contributed by atoms with E-state index in [0.717, 1.165) is 12.2 Å². The molecule has 2 aromatic rings. The molecular weight excluding hydrogens is 288 g/mol. The first-order valence-corrected chi connectivity index (χ1v) is 7.70. The molecule has 0 amide bonds. The van der Waals surface area contributed by atoms with Crippen LogP contribution in [0.1, 0.15) is 11.4 Å². The van der Waals surface area contributed by atoms with Crippen molar-refractivity contribution >= 4 is 17.7 Å². The number of nitrogens with two attached hydrogens (primary N) is 1. The van der Waals surface area contributed by atoms with Crippen molar-refractivity contribution in [1.82, 2.24) is 14.8 Å². The predicted octanol–water partition coefficient (Wildman–Crippen LogP) is 1.20. The first-order valence-electron chi connectivity index (χ1n) is 6.71. The fourth-order valence-electron chi connectivity index (χ4n) is 1.98. The van der Waals surface area contributed by atoms with Gasteiger partial charge < -0.3 is 15.4 Å². The summed E-state index contributed by atoms with van der Waals surface area (Å²) in [6.45, 7) is 1.21. The van der Waals surface area contributed by atoms with Crippen LogP contribution in [0.15, 0.2) is 35.5 Å². The fourth-order valence-corrected chi connectivity index (χ4v) is 2.68. The van der Waals surface area contributed by atoms with Gasteiger partial charge in [0.2, 0.25) is 0 Å². The van der Waals surface area contributed by atoms with E-state index in [4.69, 9.17) is 10.8 Å². The highest BCUT2D eigenvalue weighted by Crippen LogP contribution is 2.18. The summed E-state index contributed by atoms with van der Waals surface area (Å²) >= 11 is 1.19. The summed E-state index contributed by atoms with van der Waals surface area (Å²) < 4.78 is 1.97. The molecule has 21 heavy (non-hydrogen) atoms. The smallest absolute Gasteiger partial charge is 0.313 e. The lowest BCUT2D eigenvalue weighted by molar-refractivity contribution is -0.133. The highest BCUT2D eigenvalue weighted by molar-refractivity contribution is 7.99. The minimum absolute atomic E-state index is 0.0217. The van der Waals surface area contributed by atoms with E-state index in [0.29, 0.717) is 24.7 Å². The van der Waals surface area contributed by atoms with Crippen LogP contribution in [0.2, 0.25) is 0 Å². The summed E-state index contributed by atoms with van der Waals surface area (Å²) in [5.74, 6) is -0.0779. The standard InChI is InChI=1S/C14H18N4O2S/c15-8-6-12-16-17-14(21-10-13(19)20)18(12)9-7-11-4-2-1-3-5-11/h1-5H,6-10,15H2,(H,19,20). The molecule has 1 heterocycles. The van der Waals surface area contributed by atoms with Crippen LogP contribution in [-0.4, -0.2) is 38.1 Å². The van der Waals surface area contributed by atoms with Crippen molar-refractivity contribution in [2.45, 2.75) is 24.5 Å². The third kappa shape index (κ3) is 4.57. The van der Waals surface area contributed by atoms with E-state index >= 15 is 0 Å². The lowest BCUT2D eigenvalue weighted by atomic mass is 10.1. The Balaban J connectivity index is 2.10. The Kier molecular flexibility index (Phi) is 5.77. The summed E-state index contributed by atoms with van der Waals surface area (Å²) in [7, 11) is 0. The Morgan fingerprint density at radius 1 is 1.24 bits per heavy atom. The minimum atomic E-state index is -0.863. The van der Waals surface area contributed by atoms with Gasteiger partial charge in [0.1, 0.15) is 5.82 Å². The average Bonchev–Trinajstić information content (AvgIpc) is 2.86. The number of aryl methyl sites for hydroxylation is 1. The monoisotopic (exact) mass is 306 g/mol. The molecule has 0 bridgehead atoms. The van der Waals surface area contributed by atoms with E-state index in [1.165, 1.54) is 17.3 Å². The van der Waals surface area contributed by atoms with E-state index in [1.54, 1.807) is 0 Å². The van der Waals surface area contributed by atoms with Gasteiger partial charge in [0, 0.05) is 13.0 Å². The summed E-state index contributed by atoms with van der Waals surface area (Å²) in [4.78, 5) is 10.7. The van der Waals surface area contributed by atoms with Gasteiger partial charge in [-0.1, -0.05) is 42.1 Å². The summed E-state index contributed by atoms with van der Waals surface area (Å²) in [6, 6.07) is 10.1. The Bertz CT molecular complexity index is 586. The molecule has 7 heteroatoms. The lowest BCUT2D eigenvalue weighted by Crippen LogP contribution is -2.12. The number of hydrogen-bond donors (Lipinski definition) is 2. The van der Waals surface area contributed by atoms with Gasteiger partial charge in [-0.15, -0.1) is 10.2 Å². The van der Waals surface area contributed by atoms with Gasteiger partial charge in [-0.25, -0.2) is 0 Å². The van der Waals surface area contributed by atoms with Crippen molar-refractivity contribution in [3.8, 4) is 0 Å². The van der Waals surface area contributed by atoms with E-state index in [1.807, 2.05) is 22.8 Å². The van der Waals surface area contributed by atoms with E-state index in [2.05, 4.69) is 22.3 Å². The Labute approximate surface area is 127 Å². The number of hydrogen-bond acceptors (Lipinski definition) is 5. The summed E-state index contributed by atoms with van der Waals surface area (Å²) in [6.07, 6.45) is 1.48. The van der Waals surface area contributed by atoms with Crippen molar-refractivity contribution in [2.24, 2.45) is 5.73 Å². The second-order valence-electron chi connectivity index (χ2n) is 4.51. The molecule has 0 radical (unpaired) electrons. The largest absolute Gasteiger partial charge is 0.481 e. The van der Waals surface area contributed by atoms with E-state index < -0.39 is 5.97 Å². The lowest BCUT2D eigenvalue weighted by Gasteiger charge is -2.09. The van der Waals surface area contributed by atoms with Gasteiger partial charge >= 0.3 is 5.97 Å². The number of rotatable bonds is 8. The average molecular weight is 306 g/mol. The maximum Gasteiger partial charge on any atom is 0.313 e. The minimum Gasteiger partial charge on any atom is -0.481 e. The van der Waals surface area contributed by atoms with Crippen molar-refractivity contribution in [3.63, 3.8) is 0 Å². The first kappa shape index (κ1) is 15.5. The molecular formula is C14H18N4O2S. The van der Waals surface area contributed by atoms with Crippen molar-refractivity contribution in [1.29, 1.82) is 0 Å². The molecule has 0 aliphatic heterocycles. The van der Waals surface area contributed by atoms with Crippen LogP contribution in [0.25, 0.3) is 0 Å². The molecule has 112 valence electrons. The van der Waals surface area contributed by atoms with Crippen molar-refractivity contribution in [2.75, 3.05) is 12.3 Å². The zero-order valence-electron chi connectivity index (χ0n) is 11.6. The van der Waals surface area contributed by atoms with Gasteiger partial charge in [-0.3, -0.25) is 4.79 Å². The Hall–Kier alpha value is -1.86. The van der Waals surface area contributed by atoms with Crippen LogP contribution in [0.4, 0.5) is 0 Å². The van der Waals surface area contributed by atoms with E-state index in [9.17, 15) is 4.79 Å². The maximum atomic E-state index is 10.7. The summed E-state index contributed by atoms with van der Waals surface area (Å²) in [5.41, 5.74) is 6.81. The molecule has 2 rings (SSSR count). The molecule has 3 N–H and O–H groups in total. The van der Waals surface area contributed by atoms with Crippen LogP contribution in [-0.2, 0) is 24.2 Å². The number of aliphatic carboxylic acids is 1. The number of carboxylic acids is 1. The van der Waals surface area contributed by atoms with Crippen LogP contribution >= 0.6 is 11.8 Å². The highest BCUT2D eigenvalue weighted by Gasteiger charge is 2.13. The topological polar surface area (TPSA) is 94.0 Å². The normalized spacial score (nSPS) is 10.7. The number of aromatic nitrogens is 3. The second kappa shape index (κ2) is 7.80. The number of carboxylic acid groups (broad SMARTS) is 1. The van der Waals surface area contributed by atoms with Crippen LogP contribution < -0.4 is 5.73 Å². The van der Waals surface area contributed by atoms with Crippen LogP contribution in [0, 0.1) is 0 Å². The van der Waals surface area contributed by atoms with Gasteiger partial charge in [-0.2, -0.15) is 0 Å². The van der Waals surface area contributed by atoms with Gasteiger partial charge in [-0.05, 0) is 18.5 Å². The molecule has 0 spiro atoms. The zero-order valence-corrected chi connectivity index (χ0v) is 12.4. The van der Waals surface area contributed by atoms with Crippen LogP contribution in [0.5, 0.6) is 0 Å².